The highest BCUT2D eigenvalue weighted by Gasteiger charge is 2.34. The number of aromatic nitrogens is 1. The van der Waals surface area contributed by atoms with Crippen LogP contribution in [0, 0.1) is 0 Å². The summed E-state index contributed by atoms with van der Waals surface area (Å²) in [6.07, 6.45) is 9.28. The van der Waals surface area contributed by atoms with Gasteiger partial charge in [0, 0.05) is 46.8 Å². The SMILES string of the molecule is O=C(Cn1cc(/C=C2\SC(=S)N(C[C@H]3CCCO3)C2=O)c2cc(Br)ccc21)N1CCCCC1. The van der Waals surface area contributed by atoms with Crippen LogP contribution in [0.1, 0.15) is 37.7 Å². The lowest BCUT2D eigenvalue weighted by molar-refractivity contribution is -0.132. The lowest BCUT2D eigenvalue weighted by Crippen LogP contribution is -2.37. The molecule has 33 heavy (non-hydrogen) atoms. The Kier molecular flexibility index (Phi) is 6.92. The number of amides is 2. The van der Waals surface area contributed by atoms with E-state index in [1.807, 2.05) is 39.9 Å². The zero-order valence-electron chi connectivity index (χ0n) is 18.3. The summed E-state index contributed by atoms with van der Waals surface area (Å²) in [4.78, 5) is 30.3. The van der Waals surface area contributed by atoms with Crippen LogP contribution in [-0.2, 0) is 20.9 Å². The number of piperidine rings is 1. The van der Waals surface area contributed by atoms with Crippen LogP contribution in [0.2, 0.25) is 0 Å². The molecule has 3 aliphatic rings. The van der Waals surface area contributed by atoms with E-state index in [-0.39, 0.29) is 17.9 Å². The van der Waals surface area contributed by atoms with Crippen molar-refractivity contribution >= 4 is 73.0 Å². The minimum atomic E-state index is -0.0687. The molecule has 2 amide bonds. The van der Waals surface area contributed by atoms with Gasteiger partial charge in [0.1, 0.15) is 10.9 Å². The van der Waals surface area contributed by atoms with E-state index < -0.39 is 0 Å². The second-order valence-corrected chi connectivity index (χ2v) is 11.3. The maximum atomic E-state index is 13.1. The minimum absolute atomic E-state index is 0.0607. The van der Waals surface area contributed by atoms with Crippen molar-refractivity contribution < 1.29 is 14.3 Å². The summed E-state index contributed by atoms with van der Waals surface area (Å²) in [5.74, 6) is 0.0738. The molecule has 0 spiro atoms. The van der Waals surface area contributed by atoms with Crippen LogP contribution >= 0.6 is 39.9 Å². The van der Waals surface area contributed by atoms with Gasteiger partial charge in [-0.15, -0.1) is 0 Å². The molecule has 0 saturated carbocycles. The molecule has 2 aromatic rings. The van der Waals surface area contributed by atoms with Gasteiger partial charge < -0.3 is 14.2 Å². The molecule has 0 aliphatic carbocycles. The fourth-order valence-corrected chi connectivity index (χ4v) is 6.35. The van der Waals surface area contributed by atoms with Crippen molar-refractivity contribution in [3.63, 3.8) is 0 Å². The van der Waals surface area contributed by atoms with Gasteiger partial charge in [-0.2, -0.15) is 0 Å². The van der Waals surface area contributed by atoms with Crippen LogP contribution < -0.4 is 0 Å². The smallest absolute Gasteiger partial charge is 0.266 e. The molecule has 4 heterocycles. The third-order valence-corrected chi connectivity index (χ3v) is 8.33. The second kappa shape index (κ2) is 9.90. The van der Waals surface area contributed by atoms with Crippen LogP contribution in [0.3, 0.4) is 0 Å². The van der Waals surface area contributed by atoms with Crippen molar-refractivity contribution in [2.45, 2.75) is 44.8 Å². The number of carbonyl (C=O) groups is 2. The monoisotopic (exact) mass is 547 g/mol. The Morgan fingerprint density at radius 1 is 1.24 bits per heavy atom. The van der Waals surface area contributed by atoms with Crippen molar-refractivity contribution in [2.75, 3.05) is 26.2 Å². The maximum absolute atomic E-state index is 13.1. The highest BCUT2D eigenvalue weighted by molar-refractivity contribution is 9.10. The average molecular weight is 549 g/mol. The fourth-order valence-electron chi connectivity index (χ4n) is 4.72. The van der Waals surface area contributed by atoms with Crippen molar-refractivity contribution in [3.05, 3.63) is 39.3 Å². The fraction of sp³-hybridized carbons (Fsp3) is 0.458. The zero-order valence-corrected chi connectivity index (χ0v) is 21.5. The molecule has 5 rings (SSSR count). The molecule has 0 unspecified atom stereocenters. The number of halogens is 1. The van der Waals surface area contributed by atoms with Crippen LogP contribution in [-0.4, -0.2) is 62.8 Å². The van der Waals surface area contributed by atoms with Gasteiger partial charge in [-0.3, -0.25) is 14.5 Å². The van der Waals surface area contributed by atoms with E-state index in [1.165, 1.54) is 18.2 Å². The zero-order chi connectivity index (χ0) is 22.9. The van der Waals surface area contributed by atoms with Gasteiger partial charge in [-0.1, -0.05) is 39.9 Å². The molecule has 1 aromatic heterocycles. The van der Waals surface area contributed by atoms with Crippen LogP contribution in [0.15, 0.2) is 33.8 Å². The first-order valence-corrected chi connectivity index (χ1v) is 13.4. The number of thiocarbonyl (C=S) groups is 1. The molecule has 0 bridgehead atoms. The van der Waals surface area contributed by atoms with Gasteiger partial charge in [0.2, 0.25) is 5.91 Å². The van der Waals surface area contributed by atoms with Gasteiger partial charge >= 0.3 is 0 Å². The van der Waals surface area contributed by atoms with E-state index in [4.69, 9.17) is 17.0 Å². The van der Waals surface area contributed by atoms with Gasteiger partial charge in [0.15, 0.2) is 0 Å². The van der Waals surface area contributed by atoms with Gasteiger partial charge in [-0.05, 0) is 56.4 Å². The standard InChI is InChI=1S/C24H26BrN3O3S2/c25-17-6-7-20-19(12-17)16(13-27(20)15-22(29)26-8-2-1-3-9-26)11-21-23(30)28(24(32)33-21)14-18-5-4-10-31-18/h6-7,11-13,18H,1-5,8-10,14-15H2/b21-11-/t18-/m1/s1. The molecule has 9 heteroatoms. The highest BCUT2D eigenvalue weighted by Crippen LogP contribution is 2.35. The summed E-state index contributed by atoms with van der Waals surface area (Å²) in [5.41, 5.74) is 1.89. The Balaban J connectivity index is 1.42. The van der Waals surface area contributed by atoms with Crippen molar-refractivity contribution in [1.82, 2.24) is 14.4 Å². The number of ether oxygens (including phenoxy) is 1. The van der Waals surface area contributed by atoms with Crippen LogP contribution in [0.4, 0.5) is 0 Å². The lowest BCUT2D eigenvalue weighted by atomic mass is 10.1. The Morgan fingerprint density at radius 2 is 2.06 bits per heavy atom. The summed E-state index contributed by atoms with van der Waals surface area (Å²) in [6.45, 7) is 3.23. The topological polar surface area (TPSA) is 54.8 Å². The predicted octanol–water partition coefficient (Wildman–Crippen LogP) is 4.80. The molecular formula is C24H26BrN3O3S2. The second-order valence-electron chi connectivity index (χ2n) is 8.74. The van der Waals surface area contributed by atoms with Crippen LogP contribution in [0.25, 0.3) is 17.0 Å². The molecule has 0 N–H and O–H groups in total. The molecule has 1 atom stereocenters. The molecular weight excluding hydrogens is 522 g/mol. The summed E-state index contributed by atoms with van der Waals surface area (Å²) < 4.78 is 9.23. The van der Waals surface area contributed by atoms with Crippen molar-refractivity contribution in [3.8, 4) is 0 Å². The molecule has 3 saturated heterocycles. The predicted molar refractivity (Wildman–Crippen MR) is 139 cm³/mol. The number of hydrogen-bond acceptors (Lipinski definition) is 5. The number of fused-ring (bicyclic) bond motifs is 1. The number of nitrogens with zero attached hydrogens (tertiary/aromatic N) is 3. The number of benzene rings is 1. The average Bonchev–Trinajstić information content (AvgIpc) is 3.51. The first-order valence-electron chi connectivity index (χ1n) is 11.4. The molecule has 6 nitrogen and oxygen atoms in total. The summed E-state index contributed by atoms with van der Waals surface area (Å²) in [5, 5.41) is 1.00. The third-order valence-electron chi connectivity index (χ3n) is 6.46. The summed E-state index contributed by atoms with van der Waals surface area (Å²) in [6, 6.07) is 6.04. The van der Waals surface area contributed by atoms with Gasteiger partial charge in [-0.25, -0.2) is 0 Å². The largest absolute Gasteiger partial charge is 0.376 e. The first kappa shape index (κ1) is 23.1. The first-order chi connectivity index (χ1) is 16.0. The Hall–Kier alpha value is -1.68. The lowest BCUT2D eigenvalue weighted by Gasteiger charge is -2.27. The molecule has 0 radical (unpaired) electrons. The van der Waals surface area contributed by atoms with E-state index in [0.29, 0.717) is 22.3 Å². The van der Waals surface area contributed by atoms with Crippen molar-refractivity contribution in [1.29, 1.82) is 0 Å². The number of carbonyl (C=O) groups excluding carboxylic acids is 2. The van der Waals surface area contributed by atoms with Crippen molar-refractivity contribution in [2.24, 2.45) is 0 Å². The van der Waals surface area contributed by atoms with Crippen LogP contribution in [0.5, 0.6) is 0 Å². The highest BCUT2D eigenvalue weighted by atomic mass is 79.9. The summed E-state index contributed by atoms with van der Waals surface area (Å²) in [7, 11) is 0. The van der Waals surface area contributed by atoms with Gasteiger partial charge in [0.05, 0.1) is 17.6 Å². The minimum Gasteiger partial charge on any atom is -0.376 e. The molecule has 3 fully saturated rings. The Labute approximate surface area is 211 Å². The third kappa shape index (κ3) is 4.92. The Morgan fingerprint density at radius 3 is 2.82 bits per heavy atom. The molecule has 1 aromatic carbocycles. The van der Waals surface area contributed by atoms with E-state index >= 15 is 0 Å². The normalized spacial score (nSPS) is 22.8. The molecule has 3 aliphatic heterocycles. The number of likely N-dealkylation sites (tertiary alicyclic amines) is 1. The number of thioether (sulfide) groups is 1. The Bertz CT molecular complexity index is 1130. The quantitative estimate of drug-likeness (QED) is 0.397. The van der Waals surface area contributed by atoms with E-state index in [9.17, 15) is 9.59 Å². The maximum Gasteiger partial charge on any atom is 0.266 e. The number of hydrogen-bond donors (Lipinski definition) is 0. The van der Waals surface area contributed by atoms with E-state index in [2.05, 4.69) is 15.9 Å². The van der Waals surface area contributed by atoms with E-state index in [1.54, 1.807) is 4.90 Å². The summed E-state index contributed by atoms with van der Waals surface area (Å²) >= 11 is 10.4. The van der Waals surface area contributed by atoms with Gasteiger partial charge in [0.25, 0.3) is 5.91 Å². The van der Waals surface area contributed by atoms with E-state index in [0.717, 1.165) is 66.3 Å². The molecule has 174 valence electrons. The number of rotatable bonds is 5.